The fourth-order valence-corrected chi connectivity index (χ4v) is 4.90. The highest BCUT2D eigenvalue weighted by molar-refractivity contribution is 6.08. The second-order valence-electron chi connectivity index (χ2n) is 7.31. The molecular formula is C19H23N3O. The number of amides is 1. The Morgan fingerprint density at radius 1 is 1.13 bits per heavy atom. The molecule has 4 aliphatic heterocycles. The quantitative estimate of drug-likeness (QED) is 0.925. The molecule has 1 atom stereocenters. The smallest absolute Gasteiger partial charge is 0.254 e. The van der Waals surface area contributed by atoms with Gasteiger partial charge in [0.1, 0.15) is 0 Å². The number of fused-ring (bicyclic) bond motifs is 6. The van der Waals surface area contributed by atoms with Gasteiger partial charge < -0.3 is 14.8 Å². The van der Waals surface area contributed by atoms with Gasteiger partial charge in [0, 0.05) is 35.7 Å². The molecule has 23 heavy (non-hydrogen) atoms. The molecule has 0 aliphatic carbocycles. The van der Waals surface area contributed by atoms with Gasteiger partial charge in [-0.2, -0.15) is 0 Å². The summed E-state index contributed by atoms with van der Waals surface area (Å²) < 4.78 is 2.35. The number of aryl methyl sites for hydroxylation is 1. The molecule has 1 N–H and O–H groups in total. The Morgan fingerprint density at radius 3 is 2.74 bits per heavy atom. The molecule has 1 aromatic heterocycles. The minimum atomic E-state index is 0.149. The molecule has 0 radical (unpaired) electrons. The van der Waals surface area contributed by atoms with Gasteiger partial charge in [-0.15, -0.1) is 0 Å². The van der Waals surface area contributed by atoms with Crippen LogP contribution in [0.1, 0.15) is 35.3 Å². The molecule has 3 saturated heterocycles. The number of carbonyl (C=O) groups excluding carboxylic acids is 1. The first kappa shape index (κ1) is 13.6. The monoisotopic (exact) mass is 309 g/mol. The Bertz CT molecular complexity index is 770. The minimum absolute atomic E-state index is 0.149. The molecule has 0 spiro atoms. The summed E-state index contributed by atoms with van der Waals surface area (Å²) in [5.74, 6) is 0.821. The van der Waals surface area contributed by atoms with Gasteiger partial charge in [-0.25, -0.2) is 0 Å². The van der Waals surface area contributed by atoms with Crippen molar-refractivity contribution in [2.45, 2.75) is 38.3 Å². The van der Waals surface area contributed by atoms with Crippen molar-refractivity contribution in [1.29, 1.82) is 0 Å². The van der Waals surface area contributed by atoms with Crippen LogP contribution < -0.4 is 5.32 Å². The lowest BCUT2D eigenvalue weighted by molar-refractivity contribution is 0.0621. The maximum Gasteiger partial charge on any atom is 0.254 e. The first-order valence-electron chi connectivity index (χ1n) is 8.94. The van der Waals surface area contributed by atoms with Gasteiger partial charge >= 0.3 is 0 Å². The van der Waals surface area contributed by atoms with E-state index >= 15 is 0 Å². The molecule has 4 nitrogen and oxygen atoms in total. The molecule has 2 bridgehead atoms. The second kappa shape index (κ2) is 5.10. The largest absolute Gasteiger partial charge is 0.348 e. The topological polar surface area (TPSA) is 37.3 Å². The summed E-state index contributed by atoms with van der Waals surface area (Å²) in [4.78, 5) is 15.6. The average Bonchev–Trinajstić information content (AvgIpc) is 3.16. The van der Waals surface area contributed by atoms with E-state index < -0.39 is 0 Å². The number of hydrogen-bond donors (Lipinski definition) is 1. The first-order valence-corrected chi connectivity index (χ1v) is 8.94. The second-order valence-corrected chi connectivity index (χ2v) is 7.31. The van der Waals surface area contributed by atoms with Gasteiger partial charge in [0.25, 0.3) is 5.91 Å². The van der Waals surface area contributed by atoms with Gasteiger partial charge in [0.15, 0.2) is 0 Å². The number of rotatable bonds is 2. The van der Waals surface area contributed by atoms with Gasteiger partial charge in [-0.3, -0.25) is 4.79 Å². The third kappa shape index (κ3) is 2.04. The zero-order valence-electron chi connectivity index (χ0n) is 13.4. The molecule has 6 rings (SSSR count). The van der Waals surface area contributed by atoms with Gasteiger partial charge in [-0.1, -0.05) is 18.2 Å². The van der Waals surface area contributed by atoms with Gasteiger partial charge in [0.2, 0.25) is 0 Å². The number of aromatic nitrogens is 1. The Kier molecular flexibility index (Phi) is 3.02. The standard InChI is InChI=1S/C19H23N3O/c23-19(20-15-12-21-10-7-13(15)8-11-21)18-14-4-1-2-5-16(14)22-9-3-6-17(18)22/h1-2,4-5,13,15H,3,6-12H2,(H,20,23)/t15-/m1/s1. The molecule has 0 unspecified atom stereocenters. The highest BCUT2D eigenvalue weighted by Gasteiger charge is 2.36. The van der Waals surface area contributed by atoms with Crippen LogP contribution in [0.4, 0.5) is 0 Å². The van der Waals surface area contributed by atoms with E-state index in [0.717, 1.165) is 36.9 Å². The van der Waals surface area contributed by atoms with E-state index in [1.165, 1.54) is 37.1 Å². The third-order valence-corrected chi connectivity index (χ3v) is 6.07. The number of nitrogens with zero attached hydrogens (tertiary/aromatic N) is 2. The lowest BCUT2D eigenvalue weighted by Crippen LogP contribution is -2.57. The molecular weight excluding hydrogens is 286 g/mol. The summed E-state index contributed by atoms with van der Waals surface area (Å²) in [6.07, 6.45) is 4.65. The lowest BCUT2D eigenvalue weighted by Gasteiger charge is -2.44. The van der Waals surface area contributed by atoms with Gasteiger partial charge in [-0.05, 0) is 50.8 Å². The SMILES string of the molecule is O=C(N[C@@H]1CN2CCC1CC2)c1c2n(c3ccccc13)CCC2. The summed E-state index contributed by atoms with van der Waals surface area (Å²) in [5, 5.41) is 4.51. The lowest BCUT2D eigenvalue weighted by atomic mass is 9.84. The van der Waals surface area contributed by atoms with Crippen molar-refractivity contribution in [2.75, 3.05) is 19.6 Å². The van der Waals surface area contributed by atoms with Crippen LogP contribution in [-0.4, -0.2) is 41.1 Å². The molecule has 0 saturated carbocycles. The van der Waals surface area contributed by atoms with E-state index in [1.807, 2.05) is 6.07 Å². The Balaban J connectivity index is 1.50. The Morgan fingerprint density at radius 2 is 1.96 bits per heavy atom. The Labute approximate surface area is 136 Å². The molecule has 4 aliphatic rings. The van der Waals surface area contributed by atoms with E-state index in [1.54, 1.807) is 0 Å². The van der Waals surface area contributed by atoms with Crippen LogP contribution in [-0.2, 0) is 13.0 Å². The van der Waals surface area contributed by atoms with E-state index in [9.17, 15) is 4.79 Å². The van der Waals surface area contributed by atoms with Crippen molar-refractivity contribution in [2.24, 2.45) is 5.92 Å². The predicted octanol–water partition coefficient (Wildman–Crippen LogP) is 2.41. The zero-order chi connectivity index (χ0) is 15.4. The molecule has 1 aromatic carbocycles. The van der Waals surface area contributed by atoms with E-state index in [2.05, 4.69) is 33.0 Å². The maximum atomic E-state index is 13.1. The summed E-state index contributed by atoms with van der Waals surface area (Å²) in [6.45, 7) is 4.50. The van der Waals surface area contributed by atoms with Crippen LogP contribution in [0.5, 0.6) is 0 Å². The van der Waals surface area contributed by atoms with Crippen molar-refractivity contribution in [3.8, 4) is 0 Å². The van der Waals surface area contributed by atoms with Crippen LogP contribution in [0.25, 0.3) is 10.9 Å². The van der Waals surface area contributed by atoms with Crippen LogP contribution in [0.3, 0.4) is 0 Å². The zero-order valence-corrected chi connectivity index (χ0v) is 13.4. The number of benzene rings is 1. The number of carbonyl (C=O) groups is 1. The molecule has 5 heterocycles. The Hall–Kier alpha value is -1.81. The third-order valence-electron chi connectivity index (χ3n) is 6.07. The fourth-order valence-electron chi connectivity index (χ4n) is 4.90. The maximum absolute atomic E-state index is 13.1. The van der Waals surface area contributed by atoms with Crippen LogP contribution in [0.15, 0.2) is 24.3 Å². The van der Waals surface area contributed by atoms with E-state index in [4.69, 9.17) is 0 Å². The van der Waals surface area contributed by atoms with Crippen LogP contribution >= 0.6 is 0 Å². The fraction of sp³-hybridized carbons (Fsp3) is 0.526. The summed E-state index contributed by atoms with van der Waals surface area (Å²) in [7, 11) is 0. The van der Waals surface area contributed by atoms with Crippen molar-refractivity contribution in [3.05, 3.63) is 35.5 Å². The molecule has 3 fully saturated rings. The molecule has 4 heteroatoms. The van der Waals surface area contributed by atoms with Crippen molar-refractivity contribution in [3.63, 3.8) is 0 Å². The van der Waals surface area contributed by atoms with Crippen LogP contribution in [0.2, 0.25) is 0 Å². The highest BCUT2D eigenvalue weighted by Crippen LogP contribution is 2.32. The molecule has 1 amide bonds. The number of nitrogens with one attached hydrogen (secondary N) is 1. The highest BCUT2D eigenvalue weighted by atomic mass is 16.1. The normalized spacial score (nSPS) is 29.0. The first-order chi connectivity index (χ1) is 11.3. The van der Waals surface area contributed by atoms with Crippen molar-refractivity contribution >= 4 is 16.8 Å². The van der Waals surface area contributed by atoms with Crippen molar-refractivity contribution < 1.29 is 4.79 Å². The number of hydrogen-bond acceptors (Lipinski definition) is 2. The summed E-state index contributed by atoms with van der Waals surface area (Å²) >= 11 is 0. The number of para-hydroxylation sites is 1. The summed E-state index contributed by atoms with van der Waals surface area (Å²) in [5.41, 5.74) is 3.40. The predicted molar refractivity (Wildman–Crippen MR) is 90.7 cm³/mol. The molecule has 2 aromatic rings. The van der Waals surface area contributed by atoms with E-state index in [-0.39, 0.29) is 5.91 Å². The van der Waals surface area contributed by atoms with Crippen LogP contribution in [0, 0.1) is 5.92 Å². The van der Waals surface area contributed by atoms with E-state index in [0.29, 0.717) is 12.0 Å². The average molecular weight is 309 g/mol. The van der Waals surface area contributed by atoms with Crippen molar-refractivity contribution in [1.82, 2.24) is 14.8 Å². The molecule has 120 valence electrons. The minimum Gasteiger partial charge on any atom is -0.348 e. The number of piperidine rings is 3. The summed E-state index contributed by atoms with van der Waals surface area (Å²) in [6, 6.07) is 8.70. The van der Waals surface area contributed by atoms with Gasteiger partial charge in [0.05, 0.1) is 5.56 Å².